The molecule has 1 aromatic heterocycles. The Balaban J connectivity index is 2.74. The average molecular weight is 314 g/mol. The molecule has 0 aliphatic carbocycles. The van der Waals surface area contributed by atoms with E-state index in [2.05, 4.69) is 26.2 Å². The predicted octanol–water partition coefficient (Wildman–Crippen LogP) is 3.12. The normalized spacial score (nSPS) is 11.3. The van der Waals surface area contributed by atoms with Gasteiger partial charge in [-0.3, -0.25) is 10.1 Å². The van der Waals surface area contributed by atoms with Gasteiger partial charge in [0.25, 0.3) is 0 Å². The van der Waals surface area contributed by atoms with Crippen molar-refractivity contribution in [1.82, 2.24) is 4.98 Å². The molecule has 0 saturated heterocycles. The van der Waals surface area contributed by atoms with E-state index in [-0.39, 0.29) is 11.5 Å². The van der Waals surface area contributed by atoms with E-state index in [9.17, 15) is 23.3 Å². The van der Waals surface area contributed by atoms with Crippen LogP contribution in [0.5, 0.6) is 0 Å². The second kappa shape index (κ2) is 5.30. The molecule has 1 rings (SSSR count). The summed E-state index contributed by atoms with van der Waals surface area (Å²) in [5.41, 5.74) is -0.374. The van der Waals surface area contributed by atoms with Gasteiger partial charge in [0.15, 0.2) is 0 Å². The molecule has 0 radical (unpaired) electrons. The molecule has 17 heavy (non-hydrogen) atoms. The Hall–Kier alpha value is -1.38. The highest BCUT2D eigenvalue weighted by atomic mass is 79.9. The molecule has 1 N–H and O–H groups in total. The van der Waals surface area contributed by atoms with Crippen LogP contribution in [0.3, 0.4) is 0 Å². The van der Waals surface area contributed by atoms with E-state index in [4.69, 9.17) is 0 Å². The van der Waals surface area contributed by atoms with Gasteiger partial charge >= 0.3 is 11.9 Å². The summed E-state index contributed by atoms with van der Waals surface area (Å²) in [6.45, 7) is -0.459. The fourth-order valence-electron chi connectivity index (χ4n) is 1.03. The smallest absolute Gasteiger partial charge is 0.364 e. The maximum Gasteiger partial charge on any atom is 0.390 e. The number of alkyl halides is 3. The van der Waals surface area contributed by atoms with E-state index in [0.717, 1.165) is 0 Å². The van der Waals surface area contributed by atoms with Crippen molar-refractivity contribution < 1.29 is 18.1 Å². The Morgan fingerprint density at radius 1 is 1.53 bits per heavy atom. The van der Waals surface area contributed by atoms with Crippen LogP contribution in [-0.4, -0.2) is 22.6 Å². The topological polar surface area (TPSA) is 68.1 Å². The number of nitrogens with zero attached hydrogens (tertiary/aromatic N) is 2. The molecule has 1 aromatic rings. The first-order valence-corrected chi connectivity index (χ1v) is 5.19. The van der Waals surface area contributed by atoms with Crippen molar-refractivity contribution in [3.8, 4) is 0 Å². The molecule has 0 aromatic carbocycles. The number of hydrogen-bond donors (Lipinski definition) is 1. The van der Waals surface area contributed by atoms with Crippen molar-refractivity contribution >= 4 is 27.4 Å². The first-order valence-electron chi connectivity index (χ1n) is 4.40. The van der Waals surface area contributed by atoms with Gasteiger partial charge in [0.1, 0.15) is 0 Å². The molecule has 1 heterocycles. The number of aromatic nitrogens is 1. The van der Waals surface area contributed by atoms with Crippen LogP contribution in [0, 0.1) is 10.1 Å². The Morgan fingerprint density at radius 2 is 2.18 bits per heavy atom. The van der Waals surface area contributed by atoms with Crippen LogP contribution < -0.4 is 5.32 Å². The quantitative estimate of drug-likeness (QED) is 0.685. The molecule has 94 valence electrons. The Bertz CT molecular complexity index is 425. The first-order chi connectivity index (χ1) is 7.79. The number of nitrogens with one attached hydrogen (secondary N) is 1. The van der Waals surface area contributed by atoms with E-state index >= 15 is 0 Å². The third kappa shape index (κ3) is 4.55. The lowest BCUT2D eigenvalue weighted by Gasteiger charge is -2.08. The predicted molar refractivity (Wildman–Crippen MR) is 57.8 cm³/mol. The van der Waals surface area contributed by atoms with E-state index in [1.54, 1.807) is 0 Å². The fourth-order valence-corrected chi connectivity index (χ4v) is 1.35. The molecule has 0 amide bonds. The molecule has 0 unspecified atom stereocenters. The summed E-state index contributed by atoms with van der Waals surface area (Å²) in [6, 6.07) is 1.17. The summed E-state index contributed by atoms with van der Waals surface area (Å²) in [4.78, 5) is 13.6. The van der Waals surface area contributed by atoms with Crippen LogP contribution in [0.1, 0.15) is 6.42 Å². The summed E-state index contributed by atoms with van der Waals surface area (Å²) in [7, 11) is 0. The van der Waals surface area contributed by atoms with Crippen LogP contribution in [-0.2, 0) is 0 Å². The van der Waals surface area contributed by atoms with Gasteiger partial charge < -0.3 is 5.32 Å². The fraction of sp³-hybridized carbons (Fsp3) is 0.375. The monoisotopic (exact) mass is 313 g/mol. The second-order valence-electron chi connectivity index (χ2n) is 3.07. The zero-order valence-electron chi connectivity index (χ0n) is 8.29. The lowest BCUT2D eigenvalue weighted by Crippen LogP contribution is -2.15. The summed E-state index contributed by atoms with van der Waals surface area (Å²) in [6.07, 6.45) is -4.12. The zero-order valence-corrected chi connectivity index (χ0v) is 9.88. The molecule has 0 saturated carbocycles. The third-order valence-electron chi connectivity index (χ3n) is 1.73. The molecule has 9 heteroatoms. The Labute approximate surface area is 102 Å². The minimum atomic E-state index is -4.31. The van der Waals surface area contributed by atoms with Crippen LogP contribution in [0.25, 0.3) is 0 Å². The van der Waals surface area contributed by atoms with Gasteiger partial charge in [-0.1, -0.05) is 0 Å². The molecule has 0 bridgehead atoms. The van der Waals surface area contributed by atoms with Crippen molar-refractivity contribution in [2.24, 2.45) is 0 Å². The van der Waals surface area contributed by atoms with E-state index < -0.39 is 24.1 Å². The summed E-state index contributed by atoms with van der Waals surface area (Å²) in [5.74, 6) is -0.178. The van der Waals surface area contributed by atoms with Crippen molar-refractivity contribution in [1.29, 1.82) is 0 Å². The van der Waals surface area contributed by atoms with Crippen molar-refractivity contribution in [3.05, 3.63) is 26.9 Å². The average Bonchev–Trinajstić information content (AvgIpc) is 2.18. The van der Waals surface area contributed by atoms with Crippen LogP contribution in [0.4, 0.5) is 24.7 Å². The standard InChI is InChI=1S/C8H7BrF3N3O2/c9-5-3-6(15(16)17)7(14-4-5)13-2-1-8(10,11)12/h3-4H,1-2H2,(H,13,14). The highest BCUT2D eigenvalue weighted by Crippen LogP contribution is 2.26. The van der Waals surface area contributed by atoms with Gasteiger partial charge in [0.2, 0.25) is 5.82 Å². The largest absolute Gasteiger partial charge is 0.390 e. The lowest BCUT2D eigenvalue weighted by molar-refractivity contribution is -0.384. The SMILES string of the molecule is O=[N+]([O-])c1cc(Br)cnc1NCCC(F)(F)F. The molecule has 0 spiro atoms. The number of nitro groups is 1. The minimum absolute atomic E-state index is 0.178. The van der Waals surface area contributed by atoms with Gasteiger partial charge in [0, 0.05) is 23.3 Å². The minimum Gasteiger partial charge on any atom is -0.364 e. The Morgan fingerprint density at radius 3 is 2.71 bits per heavy atom. The molecule has 5 nitrogen and oxygen atoms in total. The summed E-state index contributed by atoms with van der Waals surface area (Å²) >= 11 is 2.99. The van der Waals surface area contributed by atoms with Crippen molar-refractivity contribution in [3.63, 3.8) is 0 Å². The summed E-state index contributed by atoms with van der Waals surface area (Å²) < 4.78 is 36.0. The molecule has 0 aliphatic rings. The van der Waals surface area contributed by atoms with Crippen LogP contribution >= 0.6 is 15.9 Å². The number of anilines is 1. The number of pyridine rings is 1. The van der Waals surface area contributed by atoms with Gasteiger partial charge in [0.05, 0.1) is 11.3 Å². The lowest BCUT2D eigenvalue weighted by atomic mass is 10.3. The molecular weight excluding hydrogens is 307 g/mol. The number of halogens is 4. The van der Waals surface area contributed by atoms with E-state index in [1.165, 1.54) is 12.3 Å². The maximum atomic E-state index is 11.9. The second-order valence-corrected chi connectivity index (χ2v) is 3.99. The van der Waals surface area contributed by atoms with Gasteiger partial charge in [-0.05, 0) is 15.9 Å². The Kier molecular flexibility index (Phi) is 4.27. The van der Waals surface area contributed by atoms with Crippen molar-refractivity contribution in [2.45, 2.75) is 12.6 Å². The van der Waals surface area contributed by atoms with Crippen LogP contribution in [0.2, 0.25) is 0 Å². The van der Waals surface area contributed by atoms with Crippen molar-refractivity contribution in [2.75, 3.05) is 11.9 Å². The third-order valence-corrected chi connectivity index (χ3v) is 2.17. The van der Waals surface area contributed by atoms with Gasteiger partial charge in [-0.25, -0.2) is 4.98 Å². The molecular formula is C8H7BrF3N3O2. The summed E-state index contributed by atoms with van der Waals surface area (Å²) in [5, 5.41) is 12.9. The first kappa shape index (κ1) is 13.7. The number of hydrogen-bond acceptors (Lipinski definition) is 4. The highest BCUT2D eigenvalue weighted by Gasteiger charge is 2.27. The van der Waals surface area contributed by atoms with Gasteiger partial charge in [-0.15, -0.1) is 0 Å². The van der Waals surface area contributed by atoms with Gasteiger partial charge in [-0.2, -0.15) is 13.2 Å². The number of rotatable bonds is 4. The molecule has 0 aliphatic heterocycles. The zero-order chi connectivity index (χ0) is 13.1. The molecule has 0 atom stereocenters. The highest BCUT2D eigenvalue weighted by molar-refractivity contribution is 9.10. The van der Waals surface area contributed by atoms with E-state index in [1.807, 2.05) is 0 Å². The van der Waals surface area contributed by atoms with E-state index in [0.29, 0.717) is 4.47 Å². The molecule has 0 fully saturated rings. The maximum absolute atomic E-state index is 11.9. The van der Waals surface area contributed by atoms with Crippen LogP contribution in [0.15, 0.2) is 16.7 Å².